The lowest BCUT2D eigenvalue weighted by molar-refractivity contribution is -0.120. The molecule has 0 spiro atoms. The van der Waals surface area contributed by atoms with Gasteiger partial charge in [0.25, 0.3) is 0 Å². The van der Waals surface area contributed by atoms with Gasteiger partial charge in [0.2, 0.25) is 5.91 Å². The standard InChI is InChI=1S/C14H17FN4O/c1-10-17-5-6-19(10)13-4-3-11(7-12(13)15)8-18-14(20)9-16-2/h3-7,16H,8-9H2,1-2H3,(H,18,20). The molecule has 1 aromatic heterocycles. The van der Waals surface area contributed by atoms with Crippen molar-refractivity contribution in [2.45, 2.75) is 13.5 Å². The number of likely N-dealkylation sites (N-methyl/N-ethyl adjacent to an activating group) is 1. The maximum absolute atomic E-state index is 14.1. The van der Waals surface area contributed by atoms with E-state index >= 15 is 0 Å². The number of amides is 1. The van der Waals surface area contributed by atoms with Crippen LogP contribution in [0.3, 0.4) is 0 Å². The van der Waals surface area contributed by atoms with E-state index in [9.17, 15) is 9.18 Å². The lowest BCUT2D eigenvalue weighted by Gasteiger charge is -2.09. The quantitative estimate of drug-likeness (QED) is 0.861. The minimum absolute atomic E-state index is 0.123. The van der Waals surface area contributed by atoms with Gasteiger partial charge in [0.15, 0.2) is 0 Å². The van der Waals surface area contributed by atoms with Crippen LogP contribution in [0.5, 0.6) is 0 Å². The van der Waals surface area contributed by atoms with Gasteiger partial charge in [-0.3, -0.25) is 4.79 Å². The van der Waals surface area contributed by atoms with Crippen molar-refractivity contribution >= 4 is 5.91 Å². The average Bonchev–Trinajstić information content (AvgIpc) is 2.83. The maximum atomic E-state index is 14.1. The highest BCUT2D eigenvalue weighted by Crippen LogP contribution is 2.16. The average molecular weight is 276 g/mol. The Labute approximate surface area is 116 Å². The molecular formula is C14H17FN4O. The van der Waals surface area contributed by atoms with E-state index in [1.165, 1.54) is 6.07 Å². The second kappa shape index (κ2) is 6.29. The van der Waals surface area contributed by atoms with Gasteiger partial charge in [-0.05, 0) is 31.7 Å². The SMILES string of the molecule is CNCC(=O)NCc1ccc(-n2ccnc2C)c(F)c1. The number of nitrogens with one attached hydrogen (secondary N) is 2. The van der Waals surface area contributed by atoms with Crippen LogP contribution in [0.1, 0.15) is 11.4 Å². The summed E-state index contributed by atoms with van der Waals surface area (Å²) in [6.07, 6.45) is 3.34. The number of nitrogens with zero attached hydrogens (tertiary/aromatic N) is 2. The molecule has 106 valence electrons. The van der Waals surface area contributed by atoms with Crippen LogP contribution in [-0.4, -0.2) is 29.1 Å². The van der Waals surface area contributed by atoms with Gasteiger partial charge in [-0.2, -0.15) is 0 Å². The largest absolute Gasteiger partial charge is 0.351 e. The Morgan fingerprint density at radius 3 is 2.85 bits per heavy atom. The Hall–Kier alpha value is -2.21. The second-order valence-electron chi connectivity index (χ2n) is 4.44. The van der Waals surface area contributed by atoms with Crippen molar-refractivity contribution in [3.05, 3.63) is 47.8 Å². The monoisotopic (exact) mass is 276 g/mol. The normalized spacial score (nSPS) is 10.6. The van der Waals surface area contributed by atoms with Gasteiger partial charge in [-0.1, -0.05) is 6.07 Å². The van der Waals surface area contributed by atoms with Crippen molar-refractivity contribution in [2.75, 3.05) is 13.6 Å². The van der Waals surface area contributed by atoms with Crippen LogP contribution in [0.4, 0.5) is 4.39 Å². The zero-order chi connectivity index (χ0) is 14.5. The van der Waals surface area contributed by atoms with Crippen molar-refractivity contribution in [3.63, 3.8) is 0 Å². The molecule has 0 aliphatic heterocycles. The number of carbonyl (C=O) groups is 1. The summed E-state index contributed by atoms with van der Waals surface area (Å²) in [6, 6.07) is 4.90. The number of benzene rings is 1. The summed E-state index contributed by atoms with van der Waals surface area (Å²) in [7, 11) is 1.70. The van der Waals surface area contributed by atoms with E-state index in [4.69, 9.17) is 0 Å². The molecule has 0 radical (unpaired) electrons. The Kier molecular flexibility index (Phi) is 4.47. The predicted molar refractivity (Wildman–Crippen MR) is 74.0 cm³/mol. The molecule has 20 heavy (non-hydrogen) atoms. The summed E-state index contributed by atoms with van der Waals surface area (Å²) in [4.78, 5) is 15.4. The first-order valence-electron chi connectivity index (χ1n) is 6.32. The molecule has 0 fully saturated rings. The van der Waals surface area contributed by atoms with E-state index in [-0.39, 0.29) is 18.3 Å². The van der Waals surface area contributed by atoms with Crippen LogP contribution >= 0.6 is 0 Å². The number of halogens is 1. The smallest absolute Gasteiger partial charge is 0.234 e. The molecule has 2 rings (SSSR count). The van der Waals surface area contributed by atoms with Gasteiger partial charge in [0, 0.05) is 18.9 Å². The molecule has 0 atom stereocenters. The highest BCUT2D eigenvalue weighted by atomic mass is 19.1. The van der Waals surface area contributed by atoms with Crippen molar-refractivity contribution in [2.24, 2.45) is 0 Å². The minimum Gasteiger partial charge on any atom is -0.351 e. The number of carbonyl (C=O) groups excluding carboxylic acids is 1. The third-order valence-corrected chi connectivity index (χ3v) is 2.92. The Morgan fingerprint density at radius 2 is 2.25 bits per heavy atom. The van der Waals surface area contributed by atoms with Crippen LogP contribution in [0.25, 0.3) is 5.69 Å². The fraction of sp³-hybridized carbons (Fsp3) is 0.286. The summed E-state index contributed by atoms with van der Waals surface area (Å²) in [5, 5.41) is 5.46. The molecule has 0 saturated heterocycles. The maximum Gasteiger partial charge on any atom is 0.234 e. The lowest BCUT2D eigenvalue weighted by Crippen LogP contribution is -2.31. The molecule has 2 N–H and O–H groups in total. The number of rotatable bonds is 5. The molecule has 2 aromatic rings. The van der Waals surface area contributed by atoms with Crippen molar-refractivity contribution in [3.8, 4) is 5.69 Å². The molecular weight excluding hydrogens is 259 g/mol. The van der Waals surface area contributed by atoms with Crippen molar-refractivity contribution in [1.29, 1.82) is 0 Å². The summed E-state index contributed by atoms with van der Waals surface area (Å²) < 4.78 is 15.8. The molecule has 1 aromatic carbocycles. The van der Waals surface area contributed by atoms with Crippen LogP contribution in [0, 0.1) is 12.7 Å². The minimum atomic E-state index is -0.341. The first kappa shape index (κ1) is 14.2. The van der Waals surface area contributed by atoms with Gasteiger partial charge in [0.05, 0.1) is 12.2 Å². The predicted octanol–water partition coefficient (Wildman–Crippen LogP) is 1.16. The Bertz CT molecular complexity index is 609. The zero-order valence-corrected chi connectivity index (χ0v) is 11.5. The molecule has 1 amide bonds. The van der Waals surface area contributed by atoms with E-state index in [0.717, 1.165) is 5.82 Å². The van der Waals surface area contributed by atoms with Gasteiger partial charge >= 0.3 is 0 Å². The third-order valence-electron chi connectivity index (χ3n) is 2.92. The topological polar surface area (TPSA) is 59.0 Å². The highest BCUT2D eigenvalue weighted by Gasteiger charge is 2.08. The fourth-order valence-electron chi connectivity index (χ4n) is 1.91. The molecule has 0 saturated carbocycles. The van der Waals surface area contributed by atoms with Crippen molar-refractivity contribution < 1.29 is 9.18 Å². The zero-order valence-electron chi connectivity index (χ0n) is 11.5. The fourth-order valence-corrected chi connectivity index (χ4v) is 1.91. The van der Waals surface area contributed by atoms with Gasteiger partial charge < -0.3 is 15.2 Å². The first-order valence-corrected chi connectivity index (χ1v) is 6.32. The second-order valence-corrected chi connectivity index (χ2v) is 4.44. The van der Waals surface area contributed by atoms with E-state index in [2.05, 4.69) is 15.6 Å². The van der Waals surface area contributed by atoms with Crippen LogP contribution in [0.2, 0.25) is 0 Å². The molecule has 5 nitrogen and oxygen atoms in total. The Morgan fingerprint density at radius 1 is 1.45 bits per heavy atom. The Balaban J connectivity index is 2.10. The van der Waals surface area contributed by atoms with E-state index in [1.807, 2.05) is 6.92 Å². The number of hydrogen-bond donors (Lipinski definition) is 2. The molecule has 6 heteroatoms. The highest BCUT2D eigenvalue weighted by molar-refractivity contribution is 5.77. The van der Waals surface area contributed by atoms with E-state index < -0.39 is 0 Å². The number of aryl methyl sites for hydroxylation is 1. The van der Waals surface area contributed by atoms with E-state index in [1.54, 1.807) is 36.1 Å². The lowest BCUT2D eigenvalue weighted by atomic mass is 10.2. The van der Waals surface area contributed by atoms with Gasteiger partial charge in [-0.25, -0.2) is 9.37 Å². The number of aromatic nitrogens is 2. The summed E-state index contributed by atoms with van der Waals surface area (Å²) in [6.45, 7) is 2.36. The van der Waals surface area contributed by atoms with Crippen LogP contribution < -0.4 is 10.6 Å². The van der Waals surface area contributed by atoms with E-state index in [0.29, 0.717) is 17.8 Å². The molecule has 0 bridgehead atoms. The number of imidazole rings is 1. The van der Waals surface area contributed by atoms with Crippen LogP contribution in [0.15, 0.2) is 30.6 Å². The third kappa shape index (κ3) is 3.21. The summed E-state index contributed by atoms with van der Waals surface area (Å²) in [5.41, 5.74) is 1.17. The van der Waals surface area contributed by atoms with Crippen LogP contribution in [-0.2, 0) is 11.3 Å². The summed E-state index contributed by atoms with van der Waals surface area (Å²) in [5.74, 6) is 0.257. The molecule has 1 heterocycles. The molecule has 0 aliphatic rings. The van der Waals surface area contributed by atoms with Crippen molar-refractivity contribution in [1.82, 2.24) is 20.2 Å². The first-order chi connectivity index (χ1) is 9.61. The van der Waals surface area contributed by atoms with Gasteiger partial charge in [0.1, 0.15) is 11.6 Å². The molecule has 0 aliphatic carbocycles. The summed E-state index contributed by atoms with van der Waals surface area (Å²) >= 11 is 0. The van der Waals surface area contributed by atoms with Gasteiger partial charge in [-0.15, -0.1) is 0 Å². The molecule has 0 unspecified atom stereocenters. The number of hydrogen-bond acceptors (Lipinski definition) is 3.